The third kappa shape index (κ3) is 3.19. The van der Waals surface area contributed by atoms with E-state index in [1.54, 1.807) is 23.9 Å². The molecule has 3 aromatic heterocycles. The molecule has 0 radical (unpaired) electrons. The molecule has 0 spiro atoms. The Hall–Kier alpha value is -3.47. The third-order valence-corrected chi connectivity index (χ3v) is 4.30. The zero-order valence-corrected chi connectivity index (χ0v) is 14.4. The Morgan fingerprint density at radius 2 is 1.77 bits per heavy atom. The van der Waals surface area contributed by atoms with E-state index in [9.17, 15) is 4.79 Å². The second-order valence-electron chi connectivity index (χ2n) is 6.18. The normalized spacial score (nSPS) is 10.8. The molecule has 0 saturated carbocycles. The SMILES string of the molecule is Cn1cc(-c2cnn(Cc3ccccc3)c2)c(-c2ccccn2)cc1=O. The maximum atomic E-state index is 12.2. The zero-order chi connectivity index (χ0) is 17.9. The standard InChI is InChI=1S/C21H18N4O/c1-24-15-19(18(11-21(24)26)20-9-5-6-10-22-20)17-12-23-25(14-17)13-16-7-3-2-4-8-16/h2-12,14-15H,13H2,1H3. The molecule has 0 unspecified atom stereocenters. The van der Waals surface area contributed by atoms with E-state index in [0.717, 1.165) is 22.4 Å². The van der Waals surface area contributed by atoms with Gasteiger partial charge in [-0.3, -0.25) is 14.5 Å². The van der Waals surface area contributed by atoms with E-state index in [0.29, 0.717) is 6.54 Å². The molecule has 3 heterocycles. The van der Waals surface area contributed by atoms with Crippen LogP contribution in [0.2, 0.25) is 0 Å². The third-order valence-electron chi connectivity index (χ3n) is 4.30. The van der Waals surface area contributed by atoms with Crippen LogP contribution in [0.15, 0.2) is 84.2 Å². The van der Waals surface area contributed by atoms with Gasteiger partial charge >= 0.3 is 0 Å². The summed E-state index contributed by atoms with van der Waals surface area (Å²) in [6.45, 7) is 0.700. The van der Waals surface area contributed by atoms with Gasteiger partial charge in [0.05, 0.1) is 18.4 Å². The number of hydrogen-bond acceptors (Lipinski definition) is 3. The lowest BCUT2D eigenvalue weighted by Crippen LogP contribution is -2.15. The van der Waals surface area contributed by atoms with Crippen LogP contribution in [0.5, 0.6) is 0 Å². The highest BCUT2D eigenvalue weighted by Gasteiger charge is 2.13. The minimum absolute atomic E-state index is 0.0638. The number of aryl methyl sites for hydroxylation is 1. The fraction of sp³-hybridized carbons (Fsp3) is 0.0952. The molecule has 0 saturated heterocycles. The van der Waals surface area contributed by atoms with Gasteiger partial charge in [-0.25, -0.2) is 0 Å². The van der Waals surface area contributed by atoms with E-state index < -0.39 is 0 Å². The Kier molecular flexibility index (Phi) is 4.19. The molecule has 128 valence electrons. The molecule has 0 aliphatic heterocycles. The van der Waals surface area contributed by atoms with Gasteiger partial charge in [-0.2, -0.15) is 5.10 Å². The molecule has 0 fully saturated rings. The minimum atomic E-state index is -0.0638. The average Bonchev–Trinajstić information content (AvgIpc) is 3.13. The van der Waals surface area contributed by atoms with Gasteiger partial charge in [0.15, 0.2) is 0 Å². The number of nitrogens with zero attached hydrogens (tertiary/aromatic N) is 4. The number of benzene rings is 1. The Balaban J connectivity index is 1.76. The lowest BCUT2D eigenvalue weighted by atomic mass is 10.0. The van der Waals surface area contributed by atoms with Crippen LogP contribution in [-0.2, 0) is 13.6 Å². The van der Waals surface area contributed by atoms with Gasteiger partial charge in [0, 0.05) is 48.4 Å². The molecule has 0 aliphatic carbocycles. The quantitative estimate of drug-likeness (QED) is 0.571. The summed E-state index contributed by atoms with van der Waals surface area (Å²) < 4.78 is 3.48. The first-order valence-electron chi connectivity index (χ1n) is 8.39. The van der Waals surface area contributed by atoms with Gasteiger partial charge in [-0.1, -0.05) is 36.4 Å². The van der Waals surface area contributed by atoms with Crippen molar-refractivity contribution in [2.24, 2.45) is 7.05 Å². The van der Waals surface area contributed by atoms with Crippen molar-refractivity contribution in [3.8, 4) is 22.4 Å². The molecule has 0 aliphatic rings. The highest BCUT2D eigenvalue weighted by molar-refractivity contribution is 5.80. The molecular weight excluding hydrogens is 324 g/mol. The number of rotatable bonds is 4. The molecule has 0 N–H and O–H groups in total. The maximum Gasteiger partial charge on any atom is 0.250 e. The Labute approximate surface area is 151 Å². The highest BCUT2D eigenvalue weighted by Crippen LogP contribution is 2.29. The summed E-state index contributed by atoms with van der Waals surface area (Å²) in [5, 5.41) is 4.48. The topological polar surface area (TPSA) is 52.7 Å². The van der Waals surface area contributed by atoms with E-state index >= 15 is 0 Å². The summed E-state index contributed by atoms with van der Waals surface area (Å²) in [4.78, 5) is 16.6. The molecule has 0 bridgehead atoms. The zero-order valence-electron chi connectivity index (χ0n) is 14.4. The van der Waals surface area contributed by atoms with E-state index in [1.807, 2.05) is 59.7 Å². The predicted octanol–water partition coefficient (Wildman–Crippen LogP) is 3.36. The van der Waals surface area contributed by atoms with Crippen LogP contribution in [0.25, 0.3) is 22.4 Å². The van der Waals surface area contributed by atoms with E-state index in [1.165, 1.54) is 5.56 Å². The number of aromatic nitrogens is 4. The summed E-state index contributed by atoms with van der Waals surface area (Å²) in [5.41, 5.74) is 4.60. The fourth-order valence-electron chi connectivity index (χ4n) is 2.95. The molecule has 26 heavy (non-hydrogen) atoms. The number of pyridine rings is 2. The van der Waals surface area contributed by atoms with Crippen molar-refractivity contribution in [2.45, 2.75) is 6.54 Å². The summed E-state index contributed by atoms with van der Waals surface area (Å²) in [6.07, 6.45) is 7.40. The number of hydrogen-bond donors (Lipinski definition) is 0. The van der Waals surface area contributed by atoms with Gasteiger partial charge in [0.2, 0.25) is 0 Å². The van der Waals surface area contributed by atoms with Gasteiger partial charge in [0.25, 0.3) is 5.56 Å². The first kappa shape index (κ1) is 16.0. The summed E-state index contributed by atoms with van der Waals surface area (Å²) in [5.74, 6) is 0. The molecule has 5 nitrogen and oxygen atoms in total. The second-order valence-corrected chi connectivity index (χ2v) is 6.18. The van der Waals surface area contributed by atoms with Crippen LogP contribution in [0.4, 0.5) is 0 Å². The lowest BCUT2D eigenvalue weighted by Gasteiger charge is -2.09. The summed E-state index contributed by atoms with van der Waals surface area (Å²) in [6, 6.07) is 17.5. The van der Waals surface area contributed by atoms with Crippen LogP contribution in [0.1, 0.15) is 5.56 Å². The monoisotopic (exact) mass is 342 g/mol. The first-order chi connectivity index (χ1) is 12.7. The van der Waals surface area contributed by atoms with Gasteiger partial charge in [-0.05, 0) is 17.7 Å². The Morgan fingerprint density at radius 1 is 0.962 bits per heavy atom. The van der Waals surface area contributed by atoms with Crippen LogP contribution < -0.4 is 5.56 Å². The molecular formula is C21H18N4O. The molecule has 0 atom stereocenters. The Bertz CT molecular complexity index is 1080. The van der Waals surface area contributed by atoms with Crippen molar-refractivity contribution in [3.05, 3.63) is 95.3 Å². The average molecular weight is 342 g/mol. The van der Waals surface area contributed by atoms with E-state index in [4.69, 9.17) is 0 Å². The first-order valence-corrected chi connectivity index (χ1v) is 8.39. The molecule has 1 aromatic carbocycles. The largest absolute Gasteiger partial charge is 0.318 e. The van der Waals surface area contributed by atoms with Gasteiger partial charge in [-0.15, -0.1) is 0 Å². The van der Waals surface area contributed by atoms with Crippen molar-refractivity contribution in [1.29, 1.82) is 0 Å². The van der Waals surface area contributed by atoms with Crippen molar-refractivity contribution in [2.75, 3.05) is 0 Å². The Morgan fingerprint density at radius 3 is 2.54 bits per heavy atom. The van der Waals surface area contributed by atoms with Gasteiger partial charge in [0.1, 0.15) is 0 Å². The molecule has 4 aromatic rings. The molecule has 4 rings (SSSR count). The highest BCUT2D eigenvalue weighted by atomic mass is 16.1. The smallest absolute Gasteiger partial charge is 0.250 e. The molecule has 5 heteroatoms. The van der Waals surface area contributed by atoms with Crippen molar-refractivity contribution in [1.82, 2.24) is 19.3 Å². The fourth-order valence-corrected chi connectivity index (χ4v) is 2.95. The summed E-state index contributed by atoms with van der Waals surface area (Å²) in [7, 11) is 1.75. The van der Waals surface area contributed by atoms with Crippen molar-refractivity contribution < 1.29 is 0 Å². The van der Waals surface area contributed by atoms with Crippen LogP contribution in [0, 0.1) is 0 Å². The van der Waals surface area contributed by atoms with E-state index in [2.05, 4.69) is 22.2 Å². The summed E-state index contributed by atoms with van der Waals surface area (Å²) >= 11 is 0. The van der Waals surface area contributed by atoms with Crippen molar-refractivity contribution >= 4 is 0 Å². The maximum absolute atomic E-state index is 12.2. The lowest BCUT2D eigenvalue weighted by molar-refractivity contribution is 0.687. The van der Waals surface area contributed by atoms with Crippen LogP contribution in [0.3, 0.4) is 0 Å². The van der Waals surface area contributed by atoms with E-state index in [-0.39, 0.29) is 5.56 Å². The van der Waals surface area contributed by atoms with Crippen LogP contribution >= 0.6 is 0 Å². The second kappa shape index (κ2) is 6.80. The van der Waals surface area contributed by atoms with Crippen molar-refractivity contribution in [3.63, 3.8) is 0 Å². The predicted molar refractivity (Wildman–Crippen MR) is 102 cm³/mol. The van der Waals surface area contributed by atoms with Gasteiger partial charge < -0.3 is 4.57 Å². The molecule has 0 amide bonds. The van der Waals surface area contributed by atoms with Crippen LogP contribution in [-0.4, -0.2) is 19.3 Å². The minimum Gasteiger partial charge on any atom is -0.318 e.